The van der Waals surface area contributed by atoms with Gasteiger partial charge in [0.25, 0.3) is 5.91 Å². The molecule has 0 unspecified atom stereocenters. The molecule has 13 heteroatoms. The van der Waals surface area contributed by atoms with Crippen LogP contribution in [0.3, 0.4) is 0 Å². The van der Waals surface area contributed by atoms with Gasteiger partial charge in [0, 0.05) is 5.56 Å². The summed E-state index contributed by atoms with van der Waals surface area (Å²) in [6.45, 7) is 4.38. The summed E-state index contributed by atoms with van der Waals surface area (Å²) in [6.07, 6.45) is 0.884. The molecule has 3 aromatic heterocycles. The average Bonchev–Trinajstić information content (AvgIpc) is 3.61. The lowest BCUT2D eigenvalue weighted by atomic mass is 10.1. The Kier molecular flexibility index (Phi) is 6.82. The molecule has 12 nitrogen and oxygen atoms in total. The molecule has 1 aromatic carbocycles. The van der Waals surface area contributed by atoms with Crippen LogP contribution >= 0.6 is 11.3 Å². The average molecular weight is 483 g/mol. The molecule has 1 amide bonds. The smallest absolute Gasteiger partial charge is 0.294 e. The van der Waals surface area contributed by atoms with Crippen LogP contribution in [0, 0.1) is 0 Å². The van der Waals surface area contributed by atoms with Gasteiger partial charge >= 0.3 is 0 Å². The van der Waals surface area contributed by atoms with Gasteiger partial charge in [0.15, 0.2) is 17.2 Å². The fourth-order valence-electron chi connectivity index (χ4n) is 3.03. The largest absolute Gasteiger partial charge is 0.493 e. The molecule has 4 rings (SSSR count). The van der Waals surface area contributed by atoms with Gasteiger partial charge in [0.05, 0.1) is 24.3 Å². The number of hydrogen-bond acceptors (Lipinski definition) is 11. The fourth-order valence-corrected chi connectivity index (χ4v) is 3.79. The molecule has 0 saturated carbocycles. The van der Waals surface area contributed by atoms with Crippen molar-refractivity contribution < 1.29 is 18.9 Å². The maximum Gasteiger partial charge on any atom is 0.294 e. The van der Waals surface area contributed by atoms with Gasteiger partial charge < -0.3 is 15.2 Å². The Bertz CT molecular complexity index is 1310. The van der Waals surface area contributed by atoms with Crippen molar-refractivity contribution in [3.8, 4) is 27.9 Å². The number of benzene rings is 1. The summed E-state index contributed by atoms with van der Waals surface area (Å²) in [5.74, 6) is 0.812. The SMILES string of the molecule is CCCOc1ccc(/C(C)=N/NC(=O)c2nnn(-c3nonc3N)c2-c2cccs2)cc1OC. The summed E-state index contributed by atoms with van der Waals surface area (Å²) in [7, 11) is 1.57. The Hall–Kier alpha value is -4.26. The zero-order valence-electron chi connectivity index (χ0n) is 18.7. The molecule has 176 valence electrons. The highest BCUT2D eigenvalue weighted by Crippen LogP contribution is 2.30. The van der Waals surface area contributed by atoms with Crippen LogP contribution in [-0.2, 0) is 0 Å². The molecule has 0 radical (unpaired) electrons. The van der Waals surface area contributed by atoms with Crippen LogP contribution < -0.4 is 20.6 Å². The van der Waals surface area contributed by atoms with Crippen molar-refractivity contribution in [3.63, 3.8) is 0 Å². The highest BCUT2D eigenvalue weighted by Gasteiger charge is 2.25. The Balaban J connectivity index is 1.60. The number of ether oxygens (including phenoxy) is 2. The van der Waals surface area contributed by atoms with E-state index >= 15 is 0 Å². The van der Waals surface area contributed by atoms with Gasteiger partial charge in [0.1, 0.15) is 5.69 Å². The Labute approximate surface area is 198 Å². The number of nitrogens with one attached hydrogen (secondary N) is 1. The highest BCUT2D eigenvalue weighted by atomic mass is 32.1. The predicted molar refractivity (Wildman–Crippen MR) is 125 cm³/mol. The number of hydrazone groups is 1. The number of nitrogens with zero attached hydrogens (tertiary/aromatic N) is 6. The Morgan fingerprint density at radius 1 is 1.29 bits per heavy atom. The number of aromatic nitrogens is 5. The number of nitrogens with two attached hydrogens (primary N) is 1. The predicted octanol–water partition coefficient (Wildman–Crippen LogP) is 2.91. The number of methoxy groups -OCH3 is 1. The van der Waals surface area contributed by atoms with E-state index < -0.39 is 5.91 Å². The normalized spacial score (nSPS) is 11.4. The third-order valence-electron chi connectivity index (χ3n) is 4.70. The molecule has 0 atom stereocenters. The first-order chi connectivity index (χ1) is 16.5. The first-order valence-corrected chi connectivity index (χ1v) is 11.1. The zero-order chi connectivity index (χ0) is 24.1. The van der Waals surface area contributed by atoms with Crippen molar-refractivity contribution in [1.29, 1.82) is 0 Å². The van der Waals surface area contributed by atoms with E-state index in [2.05, 4.69) is 35.8 Å². The molecule has 0 aliphatic carbocycles. The number of rotatable bonds is 9. The van der Waals surface area contributed by atoms with Crippen molar-refractivity contribution in [2.75, 3.05) is 19.5 Å². The van der Waals surface area contributed by atoms with E-state index in [4.69, 9.17) is 15.2 Å². The van der Waals surface area contributed by atoms with Gasteiger partial charge in [-0.25, -0.2) is 10.1 Å². The molecule has 0 spiro atoms. The molecule has 0 fully saturated rings. The van der Waals surface area contributed by atoms with Crippen LogP contribution in [0.4, 0.5) is 5.82 Å². The second-order valence-corrected chi connectivity index (χ2v) is 7.95. The number of nitrogen functional groups attached to an aromatic ring is 1. The highest BCUT2D eigenvalue weighted by molar-refractivity contribution is 7.13. The van der Waals surface area contributed by atoms with Crippen molar-refractivity contribution in [2.24, 2.45) is 5.10 Å². The van der Waals surface area contributed by atoms with Gasteiger partial charge in [-0.15, -0.1) is 16.4 Å². The summed E-state index contributed by atoms with van der Waals surface area (Å²) in [6, 6.07) is 9.10. The second-order valence-electron chi connectivity index (χ2n) is 7.00. The van der Waals surface area contributed by atoms with E-state index in [1.165, 1.54) is 16.0 Å². The monoisotopic (exact) mass is 482 g/mol. The molecule has 0 aliphatic heterocycles. The summed E-state index contributed by atoms with van der Waals surface area (Å²) in [4.78, 5) is 13.7. The molecular formula is C21H22N8O4S. The van der Waals surface area contributed by atoms with Gasteiger partial charge in [-0.05, 0) is 53.3 Å². The second kappa shape index (κ2) is 10.1. The minimum atomic E-state index is -0.557. The van der Waals surface area contributed by atoms with Crippen molar-refractivity contribution in [2.45, 2.75) is 20.3 Å². The Morgan fingerprint density at radius 2 is 2.15 bits per heavy atom. The van der Waals surface area contributed by atoms with Gasteiger partial charge in [0.2, 0.25) is 11.6 Å². The molecule has 0 bridgehead atoms. The van der Waals surface area contributed by atoms with Crippen molar-refractivity contribution in [3.05, 3.63) is 47.0 Å². The maximum absolute atomic E-state index is 13.0. The lowest BCUT2D eigenvalue weighted by Crippen LogP contribution is -2.20. The molecule has 3 N–H and O–H groups in total. The lowest BCUT2D eigenvalue weighted by molar-refractivity contribution is 0.0950. The van der Waals surface area contributed by atoms with Crippen molar-refractivity contribution >= 4 is 28.8 Å². The molecule has 0 aliphatic rings. The minimum Gasteiger partial charge on any atom is -0.493 e. The number of hydrogen-bond donors (Lipinski definition) is 2. The molecule has 34 heavy (non-hydrogen) atoms. The first kappa shape index (κ1) is 22.9. The summed E-state index contributed by atoms with van der Waals surface area (Å²) in [5, 5.41) is 21.5. The number of anilines is 1. The summed E-state index contributed by atoms with van der Waals surface area (Å²) in [5.41, 5.74) is 10.1. The van der Waals surface area contributed by atoms with Crippen LogP contribution in [-0.4, -0.2) is 50.6 Å². The first-order valence-electron chi connectivity index (χ1n) is 10.3. The molecule has 3 heterocycles. The van der Waals surface area contributed by atoms with Gasteiger partial charge in [-0.1, -0.05) is 18.2 Å². The van der Waals surface area contributed by atoms with E-state index in [1.807, 2.05) is 36.6 Å². The van der Waals surface area contributed by atoms with Gasteiger partial charge in [-0.3, -0.25) is 4.79 Å². The number of thiophene rings is 1. The fraction of sp³-hybridized carbons (Fsp3) is 0.238. The van der Waals surface area contributed by atoms with E-state index in [-0.39, 0.29) is 17.3 Å². The summed E-state index contributed by atoms with van der Waals surface area (Å²) < 4.78 is 17.1. The zero-order valence-corrected chi connectivity index (χ0v) is 19.5. The lowest BCUT2D eigenvalue weighted by Gasteiger charge is -2.11. The minimum absolute atomic E-state index is 0.0174. The standard InChI is InChI=1S/C21H22N8O4S/c1-4-9-32-14-8-7-13(11-15(14)31-3)12(2)23-25-21(30)17-18(16-6-5-10-34-16)29(28-24-17)20-19(22)26-33-27-20/h5-8,10-11H,4,9H2,1-3H3,(H2,22,26)(H,25,30)/b23-12+. The van der Waals surface area contributed by atoms with E-state index in [9.17, 15) is 4.79 Å². The quantitative estimate of drug-likeness (QED) is 0.270. The van der Waals surface area contributed by atoms with E-state index in [0.717, 1.165) is 16.9 Å². The van der Waals surface area contributed by atoms with Crippen molar-refractivity contribution in [1.82, 2.24) is 30.7 Å². The van der Waals surface area contributed by atoms with Crippen LogP contribution in [0.25, 0.3) is 16.4 Å². The topological polar surface area (TPSA) is 156 Å². The third kappa shape index (κ3) is 4.59. The van der Waals surface area contributed by atoms with Crippen LogP contribution in [0.5, 0.6) is 11.5 Å². The third-order valence-corrected chi connectivity index (χ3v) is 5.58. The Morgan fingerprint density at radius 3 is 2.82 bits per heavy atom. The molecule has 4 aromatic rings. The number of carbonyl (C=O) groups excluding carboxylic acids is 1. The maximum atomic E-state index is 13.0. The van der Waals surface area contributed by atoms with Crippen LogP contribution in [0.2, 0.25) is 0 Å². The number of amides is 1. The van der Waals surface area contributed by atoms with E-state index in [0.29, 0.717) is 29.5 Å². The van der Waals surface area contributed by atoms with Gasteiger partial charge in [-0.2, -0.15) is 9.78 Å². The van der Waals surface area contributed by atoms with Crippen LogP contribution in [0.1, 0.15) is 36.3 Å². The molecule has 0 saturated heterocycles. The molecular weight excluding hydrogens is 460 g/mol. The number of carbonyl (C=O) groups is 1. The van der Waals surface area contributed by atoms with E-state index in [1.54, 1.807) is 20.1 Å². The summed E-state index contributed by atoms with van der Waals surface area (Å²) >= 11 is 1.40. The van der Waals surface area contributed by atoms with Crippen LogP contribution in [0.15, 0.2) is 45.4 Å².